The van der Waals surface area contributed by atoms with Gasteiger partial charge in [0.15, 0.2) is 0 Å². The second-order valence-electron chi connectivity index (χ2n) is 4.00. The highest BCUT2D eigenvalue weighted by Gasteiger charge is 2.02. The van der Waals surface area contributed by atoms with Crippen molar-refractivity contribution in [3.8, 4) is 0 Å². The van der Waals surface area contributed by atoms with Crippen molar-refractivity contribution in [1.29, 1.82) is 0 Å². The molecule has 0 fully saturated rings. The van der Waals surface area contributed by atoms with Crippen LogP contribution in [-0.4, -0.2) is 9.78 Å². The van der Waals surface area contributed by atoms with Gasteiger partial charge in [-0.15, -0.1) is 0 Å². The van der Waals surface area contributed by atoms with E-state index in [1.807, 2.05) is 42.9 Å². The summed E-state index contributed by atoms with van der Waals surface area (Å²) in [6.45, 7) is 2.71. The Morgan fingerprint density at radius 3 is 2.76 bits per heavy atom. The first-order valence-corrected chi connectivity index (χ1v) is 6.14. The normalized spacial score (nSPS) is 10.5. The number of nitrogen functional groups attached to an aromatic ring is 1. The number of nitrogens with one attached hydrogen (secondary N) is 1. The predicted molar refractivity (Wildman–Crippen MR) is 73.8 cm³/mol. The third-order valence-corrected chi connectivity index (χ3v) is 3.26. The molecule has 5 heteroatoms. The topological polar surface area (TPSA) is 55.9 Å². The standard InChI is InChI=1S/C12H15BrN4/c1-8-5-12(17(2)16-8)15-7-9-3-4-10(13)11(14)6-9/h3-6,15H,7,14H2,1-2H3. The molecule has 0 aliphatic carbocycles. The van der Waals surface area contributed by atoms with E-state index >= 15 is 0 Å². The molecule has 0 saturated carbocycles. The van der Waals surface area contributed by atoms with Crippen LogP contribution < -0.4 is 11.1 Å². The Morgan fingerprint density at radius 2 is 2.18 bits per heavy atom. The summed E-state index contributed by atoms with van der Waals surface area (Å²) in [6.07, 6.45) is 0. The number of benzene rings is 1. The van der Waals surface area contributed by atoms with Gasteiger partial charge in [-0.1, -0.05) is 6.07 Å². The van der Waals surface area contributed by atoms with Crippen LogP contribution in [0.15, 0.2) is 28.7 Å². The van der Waals surface area contributed by atoms with Crippen molar-refractivity contribution in [2.75, 3.05) is 11.1 Å². The van der Waals surface area contributed by atoms with Crippen LogP contribution in [0.2, 0.25) is 0 Å². The SMILES string of the molecule is Cc1cc(NCc2ccc(Br)c(N)c2)n(C)n1. The molecule has 1 aromatic heterocycles. The quantitative estimate of drug-likeness (QED) is 0.856. The second kappa shape index (κ2) is 4.79. The number of aryl methyl sites for hydroxylation is 2. The number of rotatable bonds is 3. The maximum Gasteiger partial charge on any atom is 0.124 e. The van der Waals surface area contributed by atoms with Gasteiger partial charge in [-0.2, -0.15) is 5.10 Å². The van der Waals surface area contributed by atoms with E-state index in [4.69, 9.17) is 5.73 Å². The van der Waals surface area contributed by atoms with Gasteiger partial charge in [-0.05, 0) is 40.5 Å². The highest BCUT2D eigenvalue weighted by atomic mass is 79.9. The molecule has 0 spiro atoms. The highest BCUT2D eigenvalue weighted by Crippen LogP contribution is 2.20. The Morgan fingerprint density at radius 1 is 1.41 bits per heavy atom. The maximum absolute atomic E-state index is 5.83. The van der Waals surface area contributed by atoms with E-state index in [0.29, 0.717) is 0 Å². The number of hydrogen-bond acceptors (Lipinski definition) is 3. The number of halogens is 1. The van der Waals surface area contributed by atoms with Crippen LogP contribution in [0.25, 0.3) is 0 Å². The van der Waals surface area contributed by atoms with Crippen molar-refractivity contribution >= 4 is 27.4 Å². The first-order valence-electron chi connectivity index (χ1n) is 5.34. The zero-order valence-corrected chi connectivity index (χ0v) is 11.5. The fourth-order valence-corrected chi connectivity index (χ4v) is 1.92. The van der Waals surface area contributed by atoms with Crippen LogP contribution in [0.5, 0.6) is 0 Å². The molecule has 4 nitrogen and oxygen atoms in total. The van der Waals surface area contributed by atoms with Gasteiger partial charge < -0.3 is 11.1 Å². The Bertz CT molecular complexity index is 533. The molecular formula is C12H15BrN4. The van der Waals surface area contributed by atoms with Crippen LogP contribution in [0.1, 0.15) is 11.3 Å². The van der Waals surface area contributed by atoms with Crippen molar-refractivity contribution in [3.63, 3.8) is 0 Å². The maximum atomic E-state index is 5.83. The lowest BCUT2D eigenvalue weighted by molar-refractivity contribution is 0.758. The molecule has 0 aliphatic rings. The van der Waals surface area contributed by atoms with E-state index < -0.39 is 0 Å². The van der Waals surface area contributed by atoms with Crippen LogP contribution in [-0.2, 0) is 13.6 Å². The van der Waals surface area contributed by atoms with Crippen LogP contribution >= 0.6 is 15.9 Å². The average Bonchev–Trinajstić information content (AvgIpc) is 2.59. The lowest BCUT2D eigenvalue weighted by atomic mass is 10.2. The zero-order chi connectivity index (χ0) is 12.4. The van der Waals surface area contributed by atoms with Gasteiger partial charge in [-0.25, -0.2) is 0 Å². The van der Waals surface area contributed by atoms with E-state index in [0.717, 1.165) is 33.8 Å². The van der Waals surface area contributed by atoms with Crippen molar-refractivity contribution in [2.45, 2.75) is 13.5 Å². The zero-order valence-electron chi connectivity index (χ0n) is 9.87. The predicted octanol–water partition coefficient (Wildman–Crippen LogP) is 2.69. The first-order chi connectivity index (χ1) is 8.06. The van der Waals surface area contributed by atoms with E-state index in [-0.39, 0.29) is 0 Å². The van der Waals surface area contributed by atoms with Crippen molar-refractivity contribution in [3.05, 3.63) is 40.0 Å². The number of nitrogens with zero attached hydrogens (tertiary/aromatic N) is 2. The number of hydrogen-bond donors (Lipinski definition) is 2. The van der Waals surface area contributed by atoms with Gasteiger partial charge in [0.25, 0.3) is 0 Å². The molecule has 3 N–H and O–H groups in total. The minimum absolute atomic E-state index is 0.733. The lowest BCUT2D eigenvalue weighted by Crippen LogP contribution is -2.05. The van der Waals surface area contributed by atoms with Gasteiger partial charge in [0.05, 0.1) is 5.69 Å². The van der Waals surface area contributed by atoms with Crippen molar-refractivity contribution in [2.24, 2.45) is 7.05 Å². The molecule has 0 aliphatic heterocycles. The van der Waals surface area contributed by atoms with E-state index in [1.54, 1.807) is 0 Å². The minimum atomic E-state index is 0.733. The summed E-state index contributed by atoms with van der Waals surface area (Å²) < 4.78 is 2.76. The van der Waals surface area contributed by atoms with Crippen molar-refractivity contribution in [1.82, 2.24) is 9.78 Å². The molecule has 0 saturated heterocycles. The Balaban J connectivity index is 2.07. The average molecular weight is 295 g/mol. The molecular weight excluding hydrogens is 280 g/mol. The molecule has 0 atom stereocenters. The molecule has 1 heterocycles. The number of nitrogens with two attached hydrogens (primary N) is 1. The molecule has 0 radical (unpaired) electrons. The molecule has 90 valence electrons. The third kappa shape index (κ3) is 2.79. The number of anilines is 2. The largest absolute Gasteiger partial charge is 0.398 e. The Labute approximate surface area is 109 Å². The molecule has 0 amide bonds. The number of aromatic nitrogens is 2. The third-order valence-electron chi connectivity index (χ3n) is 2.54. The first kappa shape index (κ1) is 12.0. The van der Waals surface area contributed by atoms with Gasteiger partial charge in [0.1, 0.15) is 5.82 Å². The fourth-order valence-electron chi connectivity index (χ4n) is 1.67. The fraction of sp³-hybridized carbons (Fsp3) is 0.250. The molecule has 2 rings (SSSR count). The Hall–Kier alpha value is -1.49. The summed E-state index contributed by atoms with van der Waals surface area (Å²) in [5.74, 6) is 1.00. The smallest absolute Gasteiger partial charge is 0.124 e. The van der Waals surface area contributed by atoms with E-state index in [9.17, 15) is 0 Å². The summed E-state index contributed by atoms with van der Waals surface area (Å²) >= 11 is 3.38. The summed E-state index contributed by atoms with van der Waals surface area (Å²) in [5, 5.41) is 7.60. The van der Waals surface area contributed by atoms with Crippen LogP contribution in [0.3, 0.4) is 0 Å². The molecule has 2 aromatic rings. The van der Waals surface area contributed by atoms with E-state index in [2.05, 4.69) is 26.3 Å². The molecule has 0 unspecified atom stereocenters. The van der Waals surface area contributed by atoms with Crippen LogP contribution in [0.4, 0.5) is 11.5 Å². The van der Waals surface area contributed by atoms with E-state index in [1.165, 1.54) is 0 Å². The summed E-state index contributed by atoms with van der Waals surface area (Å²) in [4.78, 5) is 0. The van der Waals surface area contributed by atoms with Gasteiger partial charge in [0, 0.05) is 29.8 Å². The van der Waals surface area contributed by atoms with Crippen molar-refractivity contribution < 1.29 is 0 Å². The van der Waals surface area contributed by atoms with Gasteiger partial charge in [0.2, 0.25) is 0 Å². The molecule has 0 bridgehead atoms. The minimum Gasteiger partial charge on any atom is -0.398 e. The van der Waals surface area contributed by atoms with Crippen LogP contribution in [0, 0.1) is 6.92 Å². The summed E-state index contributed by atoms with van der Waals surface area (Å²) in [6, 6.07) is 7.97. The summed E-state index contributed by atoms with van der Waals surface area (Å²) in [7, 11) is 1.92. The Kier molecular flexibility index (Phi) is 3.38. The summed E-state index contributed by atoms with van der Waals surface area (Å²) in [5.41, 5.74) is 8.73. The second-order valence-corrected chi connectivity index (χ2v) is 4.86. The monoisotopic (exact) mass is 294 g/mol. The molecule has 1 aromatic carbocycles. The lowest BCUT2D eigenvalue weighted by Gasteiger charge is -2.07. The molecule has 17 heavy (non-hydrogen) atoms. The van der Waals surface area contributed by atoms with Gasteiger partial charge >= 0.3 is 0 Å². The van der Waals surface area contributed by atoms with Gasteiger partial charge in [-0.3, -0.25) is 4.68 Å². The highest BCUT2D eigenvalue weighted by molar-refractivity contribution is 9.10.